The van der Waals surface area contributed by atoms with Crippen molar-refractivity contribution in [3.63, 3.8) is 0 Å². The third-order valence-electron chi connectivity index (χ3n) is 2.78. The van der Waals surface area contributed by atoms with Crippen molar-refractivity contribution in [2.75, 3.05) is 4.72 Å². The fraction of sp³-hybridized carbons (Fsp3) is 0.0667. The van der Waals surface area contributed by atoms with Gasteiger partial charge in [0, 0.05) is 16.5 Å². The molecule has 4 nitrogen and oxygen atoms in total. The van der Waals surface area contributed by atoms with E-state index in [0.29, 0.717) is 11.3 Å². The highest BCUT2D eigenvalue weighted by atomic mass is 32.2. The van der Waals surface area contributed by atoms with Crippen LogP contribution in [0.25, 0.3) is 6.08 Å². The topological polar surface area (TPSA) is 55.2 Å². The minimum Gasteiger partial charge on any atom is -0.319 e. The summed E-state index contributed by atoms with van der Waals surface area (Å²) in [5.74, 6) is 0. The first kappa shape index (κ1) is 14.1. The average Bonchev–Trinajstić information content (AvgIpc) is 2.46. The molecule has 0 saturated carbocycles. The summed E-state index contributed by atoms with van der Waals surface area (Å²) < 4.78 is 3.05. The minimum absolute atomic E-state index is 0.0435. The molecule has 0 spiro atoms. The smallest absolute Gasteiger partial charge is 0.293 e. The molecule has 0 atom stereocenters. The Morgan fingerprint density at radius 3 is 2.55 bits per heavy atom. The van der Waals surface area contributed by atoms with Gasteiger partial charge in [-0.1, -0.05) is 42.5 Å². The van der Waals surface area contributed by atoms with Crippen molar-refractivity contribution in [3.05, 3.63) is 70.3 Å². The molecule has 5 heteroatoms. The van der Waals surface area contributed by atoms with Crippen LogP contribution in [0, 0.1) is 17.0 Å². The van der Waals surface area contributed by atoms with E-state index in [-0.39, 0.29) is 5.69 Å². The highest BCUT2D eigenvalue weighted by Gasteiger charge is 2.16. The zero-order valence-corrected chi connectivity index (χ0v) is 11.8. The average molecular weight is 286 g/mol. The molecule has 2 rings (SSSR count). The minimum atomic E-state index is -0.398. The van der Waals surface area contributed by atoms with E-state index in [0.717, 1.165) is 4.90 Å². The van der Waals surface area contributed by atoms with E-state index in [1.54, 1.807) is 18.2 Å². The molecular weight excluding hydrogens is 272 g/mol. The van der Waals surface area contributed by atoms with E-state index in [1.165, 1.54) is 23.6 Å². The van der Waals surface area contributed by atoms with Crippen LogP contribution in [0.1, 0.15) is 11.1 Å². The lowest BCUT2D eigenvalue weighted by Crippen LogP contribution is -1.97. The van der Waals surface area contributed by atoms with E-state index in [1.807, 2.05) is 31.2 Å². The normalized spacial score (nSPS) is 10.1. The van der Waals surface area contributed by atoms with Crippen molar-refractivity contribution in [1.29, 1.82) is 0 Å². The summed E-state index contributed by atoms with van der Waals surface area (Å²) in [6.07, 6.45) is 1.60. The van der Waals surface area contributed by atoms with Crippen molar-refractivity contribution >= 4 is 29.4 Å². The summed E-state index contributed by atoms with van der Waals surface area (Å²) >= 11 is 1.34. The van der Waals surface area contributed by atoms with Crippen molar-refractivity contribution in [3.8, 4) is 0 Å². The number of nitro groups is 1. The predicted molar refractivity (Wildman–Crippen MR) is 83.8 cm³/mol. The van der Waals surface area contributed by atoms with Crippen LogP contribution < -0.4 is 4.72 Å². The number of nitrogens with zero attached hydrogens (tertiary/aromatic N) is 1. The fourth-order valence-electron chi connectivity index (χ4n) is 1.71. The molecule has 0 heterocycles. The lowest BCUT2D eigenvalue weighted by Gasteiger charge is -2.09. The second kappa shape index (κ2) is 6.25. The standard InChI is InChI=1S/C15H14N2O2S/c1-3-12-5-4-6-14(17(18)19)15(12)16-20-13-9-7-11(2)8-10-13/h3-10,16H,1H2,2H3. The summed E-state index contributed by atoms with van der Waals surface area (Å²) in [7, 11) is 0. The van der Waals surface area contributed by atoms with Gasteiger partial charge in [-0.05, 0) is 31.0 Å². The van der Waals surface area contributed by atoms with Gasteiger partial charge in [-0.25, -0.2) is 0 Å². The maximum Gasteiger partial charge on any atom is 0.293 e. The van der Waals surface area contributed by atoms with Gasteiger partial charge in [-0.3, -0.25) is 10.1 Å². The molecule has 0 bridgehead atoms. The number of nitro benzene ring substituents is 1. The summed E-state index contributed by atoms with van der Waals surface area (Å²) in [6, 6.07) is 12.8. The molecule has 0 aliphatic rings. The number of nitrogens with one attached hydrogen (secondary N) is 1. The van der Waals surface area contributed by atoms with Crippen molar-refractivity contribution in [2.24, 2.45) is 0 Å². The Morgan fingerprint density at radius 1 is 1.25 bits per heavy atom. The molecular formula is C15H14N2O2S. The Balaban J connectivity index is 2.26. The van der Waals surface area contributed by atoms with Gasteiger partial charge >= 0.3 is 0 Å². The van der Waals surface area contributed by atoms with Crippen LogP contribution in [0.15, 0.2) is 53.9 Å². The zero-order chi connectivity index (χ0) is 14.5. The number of benzene rings is 2. The van der Waals surface area contributed by atoms with Crippen molar-refractivity contribution < 1.29 is 4.92 Å². The molecule has 0 aliphatic carbocycles. The Kier molecular flexibility index (Phi) is 4.42. The molecule has 0 fully saturated rings. The van der Waals surface area contributed by atoms with Crippen LogP contribution >= 0.6 is 11.9 Å². The van der Waals surface area contributed by atoms with E-state index in [4.69, 9.17) is 0 Å². The summed E-state index contributed by atoms with van der Waals surface area (Å²) in [5.41, 5.74) is 2.39. The molecule has 2 aromatic carbocycles. The maximum absolute atomic E-state index is 11.1. The first-order chi connectivity index (χ1) is 9.61. The summed E-state index contributed by atoms with van der Waals surface area (Å²) in [4.78, 5) is 11.7. The van der Waals surface area contributed by atoms with Gasteiger partial charge in [0.05, 0.1) is 4.92 Å². The quantitative estimate of drug-likeness (QED) is 0.493. The van der Waals surface area contributed by atoms with Crippen molar-refractivity contribution in [2.45, 2.75) is 11.8 Å². The number of hydrogen-bond donors (Lipinski definition) is 1. The van der Waals surface area contributed by atoms with Crippen LogP contribution in [-0.4, -0.2) is 4.92 Å². The monoisotopic (exact) mass is 286 g/mol. The van der Waals surface area contributed by atoms with Gasteiger partial charge in [0.15, 0.2) is 0 Å². The van der Waals surface area contributed by atoms with Gasteiger partial charge in [0.25, 0.3) is 5.69 Å². The zero-order valence-electron chi connectivity index (χ0n) is 11.0. The summed E-state index contributed by atoms with van der Waals surface area (Å²) in [6.45, 7) is 5.70. The lowest BCUT2D eigenvalue weighted by molar-refractivity contribution is -0.383. The Labute approximate surface area is 121 Å². The predicted octanol–water partition coefficient (Wildman–Crippen LogP) is 4.67. The molecule has 0 radical (unpaired) electrons. The first-order valence-corrected chi connectivity index (χ1v) is 6.83. The molecule has 102 valence electrons. The van der Waals surface area contributed by atoms with Crippen LogP contribution in [0.4, 0.5) is 11.4 Å². The van der Waals surface area contributed by atoms with Crippen molar-refractivity contribution in [1.82, 2.24) is 0 Å². The number of hydrogen-bond acceptors (Lipinski definition) is 4. The largest absolute Gasteiger partial charge is 0.319 e. The second-order valence-corrected chi connectivity index (χ2v) is 5.10. The molecule has 1 N–H and O–H groups in total. The molecule has 2 aromatic rings. The number of para-hydroxylation sites is 1. The molecule has 0 aliphatic heterocycles. The molecule has 0 aromatic heterocycles. The fourth-order valence-corrected chi connectivity index (χ4v) is 2.42. The third kappa shape index (κ3) is 3.19. The van der Waals surface area contributed by atoms with Gasteiger partial charge in [-0.2, -0.15) is 0 Å². The Bertz CT molecular complexity index is 639. The molecule has 20 heavy (non-hydrogen) atoms. The second-order valence-electron chi connectivity index (χ2n) is 4.22. The van der Waals surface area contributed by atoms with E-state index in [2.05, 4.69) is 11.3 Å². The van der Waals surface area contributed by atoms with Crippen LogP contribution in [0.2, 0.25) is 0 Å². The molecule has 0 saturated heterocycles. The van der Waals surface area contributed by atoms with Gasteiger partial charge < -0.3 is 4.72 Å². The maximum atomic E-state index is 11.1. The number of anilines is 1. The molecule has 0 unspecified atom stereocenters. The van der Waals surface area contributed by atoms with Crippen LogP contribution in [-0.2, 0) is 0 Å². The highest BCUT2D eigenvalue weighted by molar-refractivity contribution is 8.00. The lowest BCUT2D eigenvalue weighted by atomic mass is 10.1. The van der Waals surface area contributed by atoms with Crippen LogP contribution in [0.5, 0.6) is 0 Å². The van der Waals surface area contributed by atoms with E-state index < -0.39 is 4.92 Å². The molecule has 0 amide bonds. The SMILES string of the molecule is C=Cc1cccc([N+](=O)[O-])c1NSc1ccc(C)cc1. The number of aryl methyl sites for hydroxylation is 1. The summed E-state index contributed by atoms with van der Waals surface area (Å²) in [5, 5.41) is 11.1. The van der Waals surface area contributed by atoms with E-state index in [9.17, 15) is 10.1 Å². The van der Waals surface area contributed by atoms with Crippen LogP contribution in [0.3, 0.4) is 0 Å². The van der Waals surface area contributed by atoms with Gasteiger partial charge in [0.2, 0.25) is 0 Å². The Morgan fingerprint density at radius 2 is 1.95 bits per heavy atom. The first-order valence-electron chi connectivity index (χ1n) is 6.01. The number of rotatable bonds is 5. The van der Waals surface area contributed by atoms with Gasteiger partial charge in [0.1, 0.15) is 5.69 Å². The van der Waals surface area contributed by atoms with E-state index >= 15 is 0 Å². The highest BCUT2D eigenvalue weighted by Crippen LogP contribution is 2.33. The Hall–Kier alpha value is -2.27. The van der Waals surface area contributed by atoms with Gasteiger partial charge in [-0.15, -0.1) is 0 Å². The third-order valence-corrected chi connectivity index (χ3v) is 3.60.